The molecule has 0 aliphatic carbocycles. The van der Waals surface area contributed by atoms with Gasteiger partial charge in [-0.2, -0.15) is 0 Å². The van der Waals surface area contributed by atoms with Crippen molar-refractivity contribution in [1.29, 1.82) is 0 Å². The molecule has 0 radical (unpaired) electrons. The maximum Gasteiger partial charge on any atom is 0.142 e. The number of nitrogens with zero attached hydrogens (tertiary/aromatic N) is 4. The molecular weight excluding hydrogens is 302 g/mol. The van der Waals surface area contributed by atoms with Gasteiger partial charge in [-0.05, 0) is 25.6 Å². The zero-order chi connectivity index (χ0) is 16.8. The molecule has 1 aromatic heterocycles. The van der Waals surface area contributed by atoms with Crippen LogP contribution in [0.15, 0.2) is 36.7 Å². The first-order valence-corrected chi connectivity index (χ1v) is 8.58. The van der Waals surface area contributed by atoms with Crippen LogP contribution < -0.4 is 15.0 Å². The Labute approximate surface area is 143 Å². The number of hydrogen-bond donors (Lipinski definition) is 1. The number of para-hydroxylation sites is 2. The van der Waals surface area contributed by atoms with Gasteiger partial charge >= 0.3 is 0 Å². The summed E-state index contributed by atoms with van der Waals surface area (Å²) >= 11 is 0. The van der Waals surface area contributed by atoms with Gasteiger partial charge in [-0.1, -0.05) is 19.1 Å². The van der Waals surface area contributed by atoms with E-state index in [1.165, 1.54) is 0 Å². The molecule has 2 heterocycles. The van der Waals surface area contributed by atoms with Crippen molar-refractivity contribution in [3.8, 4) is 5.75 Å². The van der Waals surface area contributed by atoms with Crippen LogP contribution in [0.4, 0.5) is 17.3 Å². The Bertz CT molecular complexity index is 655. The van der Waals surface area contributed by atoms with E-state index in [9.17, 15) is 0 Å². The number of likely N-dealkylation sites (N-methyl/N-ethyl adjacent to an activating group) is 1. The van der Waals surface area contributed by atoms with E-state index in [0.29, 0.717) is 6.61 Å². The van der Waals surface area contributed by atoms with Crippen LogP contribution in [0.2, 0.25) is 0 Å². The van der Waals surface area contributed by atoms with E-state index in [2.05, 4.69) is 32.0 Å². The number of piperazine rings is 1. The van der Waals surface area contributed by atoms with Crippen LogP contribution >= 0.6 is 0 Å². The zero-order valence-corrected chi connectivity index (χ0v) is 14.4. The van der Waals surface area contributed by atoms with Crippen LogP contribution in [0, 0.1) is 0 Å². The zero-order valence-electron chi connectivity index (χ0n) is 14.4. The first-order valence-electron chi connectivity index (χ1n) is 8.58. The van der Waals surface area contributed by atoms with Crippen molar-refractivity contribution in [2.45, 2.75) is 13.8 Å². The van der Waals surface area contributed by atoms with Gasteiger partial charge in [0.25, 0.3) is 0 Å². The summed E-state index contributed by atoms with van der Waals surface area (Å²) in [4.78, 5) is 13.6. The van der Waals surface area contributed by atoms with Crippen LogP contribution in [0.5, 0.6) is 5.75 Å². The molecule has 3 rings (SSSR count). The fraction of sp³-hybridized carbons (Fsp3) is 0.444. The van der Waals surface area contributed by atoms with Crippen molar-refractivity contribution in [3.05, 3.63) is 36.7 Å². The molecule has 0 spiro atoms. The summed E-state index contributed by atoms with van der Waals surface area (Å²) in [5.74, 6) is 2.58. The van der Waals surface area contributed by atoms with Gasteiger partial charge in [0.05, 0.1) is 12.3 Å². The second kappa shape index (κ2) is 7.97. The number of ether oxygens (including phenoxy) is 1. The lowest BCUT2D eigenvalue weighted by atomic mass is 10.3. The minimum absolute atomic E-state index is 0.634. The largest absolute Gasteiger partial charge is 0.492 e. The SMILES string of the molecule is CCOc1ccccc1Nc1cc(N2CCN(CC)CC2)ncn1. The van der Waals surface area contributed by atoms with Crippen LogP contribution in [0.3, 0.4) is 0 Å². The Kier molecular flexibility index (Phi) is 5.48. The van der Waals surface area contributed by atoms with Gasteiger partial charge in [-0.15, -0.1) is 0 Å². The Morgan fingerprint density at radius 3 is 2.62 bits per heavy atom. The Morgan fingerprint density at radius 2 is 1.88 bits per heavy atom. The standard InChI is InChI=1S/C18H25N5O/c1-3-22-9-11-23(12-10-22)18-13-17(19-14-20-18)21-15-7-5-6-8-16(15)24-4-2/h5-8,13-14H,3-4,9-12H2,1-2H3,(H,19,20,21). The van der Waals surface area contributed by atoms with Crippen LogP contribution in [0.1, 0.15) is 13.8 Å². The fourth-order valence-electron chi connectivity index (χ4n) is 2.87. The highest BCUT2D eigenvalue weighted by Gasteiger charge is 2.17. The second-order valence-electron chi connectivity index (χ2n) is 5.74. The van der Waals surface area contributed by atoms with Gasteiger partial charge < -0.3 is 19.9 Å². The predicted molar refractivity (Wildman–Crippen MR) is 97.3 cm³/mol. The van der Waals surface area contributed by atoms with Gasteiger partial charge in [0.15, 0.2) is 0 Å². The van der Waals surface area contributed by atoms with Gasteiger partial charge in [-0.25, -0.2) is 9.97 Å². The molecule has 1 aromatic carbocycles. The molecule has 0 amide bonds. The summed E-state index contributed by atoms with van der Waals surface area (Å²) in [5, 5.41) is 3.34. The van der Waals surface area contributed by atoms with Crippen molar-refractivity contribution in [1.82, 2.24) is 14.9 Å². The number of aromatic nitrogens is 2. The second-order valence-corrected chi connectivity index (χ2v) is 5.74. The number of hydrogen-bond acceptors (Lipinski definition) is 6. The first-order chi connectivity index (χ1) is 11.8. The number of anilines is 3. The van der Waals surface area contributed by atoms with Gasteiger partial charge in [0.1, 0.15) is 23.7 Å². The molecule has 6 heteroatoms. The highest BCUT2D eigenvalue weighted by atomic mass is 16.5. The molecule has 1 aliphatic rings. The third-order valence-electron chi connectivity index (χ3n) is 4.25. The Hall–Kier alpha value is -2.34. The third kappa shape index (κ3) is 3.94. The molecule has 6 nitrogen and oxygen atoms in total. The molecular formula is C18H25N5O. The fourth-order valence-corrected chi connectivity index (χ4v) is 2.87. The summed E-state index contributed by atoms with van der Waals surface area (Å²) in [6, 6.07) is 9.90. The normalized spacial score (nSPS) is 15.3. The molecule has 24 heavy (non-hydrogen) atoms. The lowest BCUT2D eigenvalue weighted by Crippen LogP contribution is -2.46. The van der Waals surface area contributed by atoms with Gasteiger partial charge in [-0.3, -0.25) is 0 Å². The molecule has 1 aliphatic heterocycles. The lowest BCUT2D eigenvalue weighted by Gasteiger charge is -2.34. The molecule has 1 fully saturated rings. The number of nitrogens with one attached hydrogen (secondary N) is 1. The highest BCUT2D eigenvalue weighted by molar-refractivity contribution is 5.65. The average Bonchev–Trinajstić information content (AvgIpc) is 2.64. The van der Waals surface area contributed by atoms with E-state index in [4.69, 9.17) is 4.74 Å². The summed E-state index contributed by atoms with van der Waals surface area (Å²) in [5.41, 5.74) is 0.916. The van der Waals surface area contributed by atoms with E-state index < -0.39 is 0 Å². The molecule has 0 bridgehead atoms. The van der Waals surface area contributed by atoms with Crippen molar-refractivity contribution in [2.24, 2.45) is 0 Å². The summed E-state index contributed by atoms with van der Waals surface area (Å²) < 4.78 is 5.66. The van der Waals surface area contributed by atoms with Crippen LogP contribution in [0.25, 0.3) is 0 Å². The van der Waals surface area contributed by atoms with Crippen molar-refractivity contribution in [2.75, 3.05) is 49.5 Å². The van der Waals surface area contributed by atoms with E-state index in [1.54, 1.807) is 6.33 Å². The summed E-state index contributed by atoms with van der Waals surface area (Å²) in [6.45, 7) is 10.1. The third-order valence-corrected chi connectivity index (χ3v) is 4.25. The lowest BCUT2D eigenvalue weighted by molar-refractivity contribution is 0.270. The van der Waals surface area contributed by atoms with E-state index in [-0.39, 0.29) is 0 Å². The maximum absolute atomic E-state index is 5.66. The summed E-state index contributed by atoms with van der Waals surface area (Å²) in [7, 11) is 0. The topological polar surface area (TPSA) is 53.5 Å². The van der Waals surface area contributed by atoms with Gasteiger partial charge in [0.2, 0.25) is 0 Å². The smallest absolute Gasteiger partial charge is 0.142 e. The van der Waals surface area contributed by atoms with Crippen molar-refractivity contribution >= 4 is 17.3 Å². The molecule has 1 N–H and O–H groups in total. The van der Waals surface area contributed by atoms with E-state index in [0.717, 1.165) is 55.8 Å². The Morgan fingerprint density at radius 1 is 1.08 bits per heavy atom. The minimum Gasteiger partial charge on any atom is -0.492 e. The van der Waals surface area contributed by atoms with E-state index in [1.807, 2.05) is 37.3 Å². The number of rotatable bonds is 6. The number of benzene rings is 1. The van der Waals surface area contributed by atoms with Crippen LogP contribution in [-0.2, 0) is 0 Å². The van der Waals surface area contributed by atoms with Crippen LogP contribution in [-0.4, -0.2) is 54.2 Å². The Balaban J connectivity index is 1.72. The molecule has 0 unspecified atom stereocenters. The van der Waals surface area contributed by atoms with Crippen molar-refractivity contribution in [3.63, 3.8) is 0 Å². The minimum atomic E-state index is 0.634. The molecule has 2 aromatic rings. The van der Waals surface area contributed by atoms with Crippen molar-refractivity contribution < 1.29 is 4.74 Å². The molecule has 0 atom stereocenters. The monoisotopic (exact) mass is 327 g/mol. The average molecular weight is 327 g/mol. The molecule has 0 saturated carbocycles. The quantitative estimate of drug-likeness (QED) is 0.880. The first kappa shape index (κ1) is 16.5. The van der Waals surface area contributed by atoms with Gasteiger partial charge in [0, 0.05) is 32.2 Å². The molecule has 128 valence electrons. The summed E-state index contributed by atoms with van der Waals surface area (Å²) in [6.07, 6.45) is 1.62. The maximum atomic E-state index is 5.66. The molecule has 1 saturated heterocycles. The predicted octanol–water partition coefficient (Wildman–Crippen LogP) is 2.76. The van der Waals surface area contributed by atoms with E-state index >= 15 is 0 Å². The highest BCUT2D eigenvalue weighted by Crippen LogP contribution is 2.27.